The Kier molecular flexibility index (Phi) is 20.5. The van der Waals surface area contributed by atoms with Crippen molar-refractivity contribution >= 4 is 69.5 Å². The van der Waals surface area contributed by atoms with E-state index in [1.807, 2.05) is 34.4 Å². The number of halogens is 1. The fourth-order valence-corrected chi connectivity index (χ4v) is 7.53. The number of aromatic hydroxyl groups is 1. The van der Waals surface area contributed by atoms with Gasteiger partial charge >= 0.3 is 6.03 Å². The molecule has 4 rings (SSSR count). The summed E-state index contributed by atoms with van der Waals surface area (Å²) in [6.45, 7) is 4.54. The van der Waals surface area contributed by atoms with E-state index in [-0.39, 0.29) is 41.6 Å². The van der Waals surface area contributed by atoms with Gasteiger partial charge in [0.1, 0.15) is 11.4 Å². The van der Waals surface area contributed by atoms with E-state index < -0.39 is 0 Å². The van der Waals surface area contributed by atoms with Gasteiger partial charge in [0, 0.05) is 42.6 Å². The van der Waals surface area contributed by atoms with Crippen LogP contribution in [0.1, 0.15) is 41.6 Å². The fourth-order valence-electron chi connectivity index (χ4n) is 5.71. The van der Waals surface area contributed by atoms with Gasteiger partial charge in [-0.3, -0.25) is 14.4 Å². The molecule has 2 aromatic rings. The van der Waals surface area contributed by atoms with E-state index in [2.05, 4.69) is 36.8 Å². The number of carbonyl (C=O) groups is 4. The Morgan fingerprint density at radius 2 is 1.45 bits per heavy atom. The Labute approximate surface area is 339 Å². The number of benzene rings is 2. The summed E-state index contributed by atoms with van der Waals surface area (Å²) in [6, 6.07) is 12.0. The fraction of sp³-hybridized carbons (Fsp3) is 0.568. The summed E-state index contributed by atoms with van der Waals surface area (Å²) in [7, 11) is 0. The molecule has 302 valence electrons. The number of fused-ring (bicyclic) bond motifs is 1. The van der Waals surface area contributed by atoms with E-state index in [0.29, 0.717) is 112 Å². The third kappa shape index (κ3) is 17.0. The van der Waals surface area contributed by atoms with E-state index in [4.69, 9.17) is 18.9 Å². The standard InChI is InChI=1S/C37H52IN7O9S/c38-24-34(48)39-12-11-26-5-10-31(46)29(23-26)45-44-28-8-6-27(7-9-28)36(49)41-14-16-52-18-20-54-22-21-53-19-17-51-15-13-40-33(47)4-2-1-3-32-35-30(25-55-32)42-37(50)43-35/h5-10,23,30,32,35,46H,1-4,11-22,24-25H2,(H,39,48)(H,40,47)(H,41,49)(H2,42,43,50)/t30-,32-,35-/m0/s1. The zero-order valence-corrected chi connectivity index (χ0v) is 33.9. The van der Waals surface area contributed by atoms with Gasteiger partial charge in [0.05, 0.1) is 75.1 Å². The lowest BCUT2D eigenvalue weighted by Gasteiger charge is -2.16. The van der Waals surface area contributed by atoms with Crippen LogP contribution in [0.4, 0.5) is 16.2 Å². The summed E-state index contributed by atoms with van der Waals surface area (Å²) in [5.74, 6) is 0.695. The van der Waals surface area contributed by atoms with Crippen molar-refractivity contribution in [1.82, 2.24) is 26.6 Å². The number of alkyl halides is 1. The van der Waals surface area contributed by atoms with Gasteiger partial charge in [0.15, 0.2) is 0 Å². The molecule has 0 spiro atoms. The summed E-state index contributed by atoms with van der Waals surface area (Å²) in [6.07, 6.45) is 3.87. The minimum Gasteiger partial charge on any atom is -0.506 e. The Morgan fingerprint density at radius 1 is 0.800 bits per heavy atom. The Balaban J connectivity index is 0.911. The molecule has 2 saturated heterocycles. The van der Waals surface area contributed by atoms with Gasteiger partial charge in [-0.1, -0.05) is 35.1 Å². The first-order valence-corrected chi connectivity index (χ1v) is 21.1. The number of phenols is 1. The highest BCUT2D eigenvalue weighted by atomic mass is 127. The number of unbranched alkanes of at least 4 members (excludes halogenated alkanes) is 1. The van der Waals surface area contributed by atoms with Gasteiger partial charge in [-0.05, 0) is 61.2 Å². The number of hydrogen-bond donors (Lipinski definition) is 6. The molecule has 5 amide bonds. The summed E-state index contributed by atoms with van der Waals surface area (Å²) in [4.78, 5) is 47.5. The number of ether oxygens (including phenoxy) is 4. The minimum absolute atomic E-state index is 0.00633. The maximum absolute atomic E-state index is 12.5. The molecule has 0 bridgehead atoms. The summed E-state index contributed by atoms with van der Waals surface area (Å²) in [5, 5.41) is 33.3. The lowest BCUT2D eigenvalue weighted by atomic mass is 10.0. The van der Waals surface area contributed by atoms with Crippen molar-refractivity contribution in [3.8, 4) is 5.75 Å². The van der Waals surface area contributed by atoms with Gasteiger partial charge in [-0.2, -0.15) is 16.9 Å². The van der Waals surface area contributed by atoms with Crippen molar-refractivity contribution in [3.05, 3.63) is 53.6 Å². The van der Waals surface area contributed by atoms with Crippen molar-refractivity contribution in [2.45, 2.75) is 49.4 Å². The van der Waals surface area contributed by atoms with Crippen LogP contribution in [0.25, 0.3) is 0 Å². The smallest absolute Gasteiger partial charge is 0.315 e. The number of amides is 5. The molecule has 3 atom stereocenters. The quantitative estimate of drug-likeness (QED) is 0.0253. The molecule has 2 aliphatic rings. The molecule has 18 heteroatoms. The van der Waals surface area contributed by atoms with Gasteiger partial charge in [-0.25, -0.2) is 4.79 Å². The van der Waals surface area contributed by atoms with Gasteiger partial charge < -0.3 is 50.6 Å². The Hall–Kier alpha value is -3.56. The minimum atomic E-state index is -0.242. The number of azo groups is 1. The van der Waals surface area contributed by atoms with E-state index in [0.717, 1.165) is 30.6 Å². The normalized spacial score (nSPS) is 17.5. The van der Waals surface area contributed by atoms with Crippen molar-refractivity contribution in [3.63, 3.8) is 0 Å². The molecular weight excluding hydrogens is 845 g/mol. The second kappa shape index (κ2) is 25.6. The molecule has 55 heavy (non-hydrogen) atoms. The lowest BCUT2D eigenvalue weighted by molar-refractivity contribution is -0.121. The summed E-state index contributed by atoms with van der Waals surface area (Å²) in [5.41, 5.74) is 2.20. The van der Waals surface area contributed by atoms with Crippen LogP contribution in [-0.2, 0) is 35.0 Å². The van der Waals surface area contributed by atoms with Crippen LogP contribution in [0, 0.1) is 0 Å². The molecule has 2 aromatic carbocycles. The first-order chi connectivity index (χ1) is 26.8. The lowest BCUT2D eigenvalue weighted by Crippen LogP contribution is -2.36. The third-order valence-corrected chi connectivity index (χ3v) is 10.8. The SMILES string of the molecule is O=C(CI)NCCc1ccc(O)c(N=Nc2ccc(C(=O)NCCOCCOCCOCCOCCNC(=O)CCCC[C@@H]3SC[C@@H]4NC(=O)N[C@@H]43)cc2)c1. The van der Waals surface area contributed by atoms with E-state index in [1.54, 1.807) is 42.5 Å². The van der Waals surface area contributed by atoms with Crippen LogP contribution in [0.15, 0.2) is 52.7 Å². The van der Waals surface area contributed by atoms with Crippen molar-refractivity contribution in [2.24, 2.45) is 10.2 Å². The molecule has 2 fully saturated rings. The Morgan fingerprint density at radius 3 is 2.15 bits per heavy atom. The topological polar surface area (TPSA) is 210 Å². The van der Waals surface area contributed by atoms with Crippen LogP contribution >= 0.6 is 34.4 Å². The predicted octanol–water partition coefficient (Wildman–Crippen LogP) is 3.54. The van der Waals surface area contributed by atoms with Gasteiger partial charge in [0.2, 0.25) is 11.8 Å². The molecule has 2 heterocycles. The first-order valence-electron chi connectivity index (χ1n) is 18.5. The van der Waals surface area contributed by atoms with Crippen LogP contribution in [0.3, 0.4) is 0 Å². The molecule has 16 nitrogen and oxygen atoms in total. The number of thioether (sulfide) groups is 1. The van der Waals surface area contributed by atoms with Crippen LogP contribution < -0.4 is 26.6 Å². The van der Waals surface area contributed by atoms with Crippen LogP contribution in [0.2, 0.25) is 0 Å². The maximum atomic E-state index is 12.5. The van der Waals surface area contributed by atoms with E-state index in [9.17, 15) is 24.3 Å². The Bertz CT molecular complexity index is 1540. The van der Waals surface area contributed by atoms with Crippen LogP contribution in [-0.4, -0.2) is 129 Å². The maximum Gasteiger partial charge on any atom is 0.315 e. The molecule has 6 N–H and O–H groups in total. The average molecular weight is 898 g/mol. The number of nitrogens with one attached hydrogen (secondary N) is 5. The van der Waals surface area contributed by atoms with Crippen molar-refractivity contribution in [1.29, 1.82) is 0 Å². The second-order valence-electron chi connectivity index (χ2n) is 12.7. The largest absolute Gasteiger partial charge is 0.506 e. The number of hydrogen-bond acceptors (Lipinski definition) is 12. The van der Waals surface area contributed by atoms with Crippen LogP contribution in [0.5, 0.6) is 5.75 Å². The van der Waals surface area contributed by atoms with Gasteiger partial charge in [-0.15, -0.1) is 5.11 Å². The molecule has 0 saturated carbocycles. The number of urea groups is 1. The van der Waals surface area contributed by atoms with E-state index >= 15 is 0 Å². The molecule has 2 aliphatic heterocycles. The molecule has 0 aromatic heterocycles. The highest BCUT2D eigenvalue weighted by Gasteiger charge is 2.42. The average Bonchev–Trinajstić information content (AvgIpc) is 3.75. The summed E-state index contributed by atoms with van der Waals surface area (Å²) >= 11 is 3.90. The number of rotatable bonds is 27. The number of phenolic OH excluding ortho intramolecular Hbond substituents is 1. The number of carbonyl (C=O) groups excluding carboxylic acids is 4. The predicted molar refractivity (Wildman–Crippen MR) is 217 cm³/mol. The number of nitrogens with zero attached hydrogens (tertiary/aromatic N) is 2. The molecule has 0 unspecified atom stereocenters. The van der Waals surface area contributed by atoms with Crippen molar-refractivity contribution < 1.29 is 43.2 Å². The molecular formula is C37H52IN7O9S. The molecule has 0 aliphatic carbocycles. The first kappa shape index (κ1) is 44.2. The zero-order valence-electron chi connectivity index (χ0n) is 30.9. The monoisotopic (exact) mass is 897 g/mol. The highest BCUT2D eigenvalue weighted by Crippen LogP contribution is 2.33. The van der Waals surface area contributed by atoms with Crippen molar-refractivity contribution in [2.75, 3.05) is 82.7 Å². The summed E-state index contributed by atoms with van der Waals surface area (Å²) < 4.78 is 22.4. The van der Waals surface area contributed by atoms with E-state index in [1.165, 1.54) is 0 Å². The molecule has 0 radical (unpaired) electrons. The van der Waals surface area contributed by atoms with Gasteiger partial charge in [0.25, 0.3) is 5.91 Å². The second-order valence-corrected chi connectivity index (χ2v) is 14.8. The zero-order chi connectivity index (χ0) is 39.1. The highest BCUT2D eigenvalue weighted by molar-refractivity contribution is 14.1. The third-order valence-electron chi connectivity index (χ3n) is 8.60.